The average molecular weight is 308 g/mol. The first-order valence-corrected chi connectivity index (χ1v) is 8.63. The van der Waals surface area contributed by atoms with E-state index < -0.39 is 10.0 Å². The highest BCUT2D eigenvalue weighted by molar-refractivity contribution is 7.89. The highest BCUT2D eigenvalue weighted by Gasteiger charge is 2.31. The van der Waals surface area contributed by atoms with Crippen LogP contribution in [-0.2, 0) is 16.4 Å². The van der Waals surface area contributed by atoms with E-state index in [1.165, 1.54) is 15.9 Å². The lowest BCUT2D eigenvalue weighted by atomic mass is 10.1. The fourth-order valence-electron chi connectivity index (χ4n) is 2.77. The van der Waals surface area contributed by atoms with Gasteiger partial charge in [0.2, 0.25) is 10.0 Å². The molecule has 0 bridgehead atoms. The summed E-state index contributed by atoms with van der Waals surface area (Å²) in [6.07, 6.45) is 4.43. The number of ether oxygens (including phenoxy) is 1. The van der Waals surface area contributed by atoms with E-state index in [-0.39, 0.29) is 4.90 Å². The molecule has 0 aromatic heterocycles. The molecular formula is C15H20N2O3S. The Kier molecular flexibility index (Phi) is 3.67. The number of nitrogen functional groups attached to an aromatic ring is 1. The fraction of sp³-hybridized carbons (Fsp3) is 0.467. The summed E-state index contributed by atoms with van der Waals surface area (Å²) in [5.41, 5.74) is 8.48. The smallest absolute Gasteiger partial charge is 0.247 e. The molecule has 0 amide bonds. The fourth-order valence-corrected chi connectivity index (χ4v) is 4.36. The van der Waals surface area contributed by atoms with Crippen molar-refractivity contribution in [3.05, 3.63) is 29.3 Å². The molecule has 21 heavy (non-hydrogen) atoms. The normalized spacial score (nSPS) is 19.6. The van der Waals surface area contributed by atoms with E-state index in [0.717, 1.165) is 24.8 Å². The van der Waals surface area contributed by atoms with Crippen molar-refractivity contribution in [2.45, 2.75) is 31.1 Å². The zero-order valence-electron chi connectivity index (χ0n) is 12.1. The molecule has 114 valence electrons. The Morgan fingerprint density at radius 1 is 1.29 bits per heavy atom. The Bertz CT molecular complexity index is 695. The second-order valence-corrected chi connectivity index (χ2v) is 7.53. The molecule has 3 rings (SSSR count). The van der Waals surface area contributed by atoms with E-state index in [0.29, 0.717) is 31.1 Å². The van der Waals surface area contributed by atoms with Crippen LogP contribution in [0.25, 0.3) is 0 Å². The van der Waals surface area contributed by atoms with Gasteiger partial charge in [0.05, 0.1) is 6.61 Å². The van der Waals surface area contributed by atoms with E-state index in [4.69, 9.17) is 10.5 Å². The first kappa shape index (κ1) is 14.4. The number of nitrogens with zero attached hydrogens (tertiary/aromatic N) is 1. The molecule has 1 aromatic rings. The lowest BCUT2D eigenvalue weighted by Crippen LogP contribution is -2.35. The largest absolute Gasteiger partial charge is 0.492 e. The SMILES string of the molecule is CC1=CCN(S(=O)(=O)c2cc(N)cc3c2OCCC3)CC1. The van der Waals surface area contributed by atoms with Crippen molar-refractivity contribution in [3.63, 3.8) is 0 Å². The van der Waals surface area contributed by atoms with Gasteiger partial charge in [0.15, 0.2) is 0 Å². The minimum Gasteiger partial charge on any atom is -0.492 e. The summed E-state index contributed by atoms with van der Waals surface area (Å²) in [6, 6.07) is 3.33. The third-order valence-corrected chi connectivity index (χ3v) is 5.88. The van der Waals surface area contributed by atoms with Crippen molar-refractivity contribution in [3.8, 4) is 5.75 Å². The van der Waals surface area contributed by atoms with Gasteiger partial charge < -0.3 is 10.5 Å². The van der Waals surface area contributed by atoms with Crippen molar-refractivity contribution in [1.29, 1.82) is 0 Å². The van der Waals surface area contributed by atoms with Crippen LogP contribution in [0.1, 0.15) is 25.3 Å². The monoisotopic (exact) mass is 308 g/mol. The summed E-state index contributed by atoms with van der Waals surface area (Å²) in [4.78, 5) is 0.213. The highest BCUT2D eigenvalue weighted by atomic mass is 32.2. The molecule has 0 saturated carbocycles. The molecule has 5 nitrogen and oxygen atoms in total. The summed E-state index contributed by atoms with van der Waals surface area (Å²) >= 11 is 0. The molecule has 2 N–H and O–H groups in total. The average Bonchev–Trinajstić information content (AvgIpc) is 2.46. The topological polar surface area (TPSA) is 72.6 Å². The van der Waals surface area contributed by atoms with Crippen LogP contribution in [0.3, 0.4) is 0 Å². The number of aryl methyl sites for hydroxylation is 1. The maximum Gasteiger partial charge on any atom is 0.247 e. The number of fused-ring (bicyclic) bond motifs is 1. The van der Waals surface area contributed by atoms with Gasteiger partial charge in [-0.15, -0.1) is 0 Å². The number of sulfonamides is 1. The van der Waals surface area contributed by atoms with Crippen molar-refractivity contribution in [1.82, 2.24) is 4.31 Å². The standard InChI is InChI=1S/C15H20N2O3S/c1-11-4-6-17(7-5-11)21(18,19)14-10-13(16)9-12-3-2-8-20-15(12)14/h4,9-10H,2-3,5-8,16H2,1H3. The van der Waals surface area contributed by atoms with Crippen molar-refractivity contribution in [2.75, 3.05) is 25.4 Å². The first-order chi connectivity index (χ1) is 9.98. The van der Waals surface area contributed by atoms with E-state index in [9.17, 15) is 8.42 Å². The van der Waals surface area contributed by atoms with Gasteiger partial charge in [-0.05, 0) is 43.9 Å². The molecule has 1 aromatic carbocycles. The number of benzene rings is 1. The second kappa shape index (κ2) is 5.35. The summed E-state index contributed by atoms with van der Waals surface area (Å²) in [7, 11) is -3.57. The van der Waals surface area contributed by atoms with Gasteiger partial charge in [-0.3, -0.25) is 0 Å². The molecule has 2 heterocycles. The number of hydrogen-bond acceptors (Lipinski definition) is 4. The van der Waals surface area contributed by atoms with Crippen LogP contribution in [0, 0.1) is 0 Å². The third kappa shape index (κ3) is 2.65. The van der Waals surface area contributed by atoms with Gasteiger partial charge >= 0.3 is 0 Å². The van der Waals surface area contributed by atoms with Crippen LogP contribution in [0.4, 0.5) is 5.69 Å². The van der Waals surface area contributed by atoms with Gasteiger partial charge in [-0.2, -0.15) is 4.31 Å². The molecule has 0 fully saturated rings. The zero-order valence-corrected chi connectivity index (χ0v) is 12.9. The maximum absolute atomic E-state index is 12.9. The van der Waals surface area contributed by atoms with Gasteiger partial charge in [-0.25, -0.2) is 8.42 Å². The Morgan fingerprint density at radius 2 is 2.10 bits per heavy atom. The Hall–Kier alpha value is -1.53. The highest BCUT2D eigenvalue weighted by Crippen LogP contribution is 2.36. The molecule has 0 unspecified atom stereocenters. The molecule has 0 aliphatic carbocycles. The molecule has 2 aliphatic rings. The van der Waals surface area contributed by atoms with E-state index >= 15 is 0 Å². The second-order valence-electron chi connectivity index (χ2n) is 5.62. The maximum atomic E-state index is 12.9. The van der Waals surface area contributed by atoms with Crippen LogP contribution in [0.2, 0.25) is 0 Å². The van der Waals surface area contributed by atoms with Crippen LogP contribution in [-0.4, -0.2) is 32.4 Å². The lowest BCUT2D eigenvalue weighted by molar-refractivity contribution is 0.279. The minimum absolute atomic E-state index is 0.213. The first-order valence-electron chi connectivity index (χ1n) is 7.19. The van der Waals surface area contributed by atoms with E-state index in [2.05, 4.69) is 0 Å². The van der Waals surface area contributed by atoms with Gasteiger partial charge in [0.1, 0.15) is 10.6 Å². The van der Waals surface area contributed by atoms with Crippen molar-refractivity contribution < 1.29 is 13.2 Å². The zero-order chi connectivity index (χ0) is 15.0. The van der Waals surface area contributed by atoms with Gasteiger partial charge in [-0.1, -0.05) is 11.6 Å². The summed E-state index contributed by atoms with van der Waals surface area (Å²) in [5.74, 6) is 0.488. The number of anilines is 1. The number of rotatable bonds is 2. The predicted octanol–water partition coefficient (Wildman–Crippen LogP) is 1.93. The molecule has 2 aliphatic heterocycles. The van der Waals surface area contributed by atoms with Crippen LogP contribution >= 0.6 is 0 Å². The van der Waals surface area contributed by atoms with Crippen LogP contribution in [0.5, 0.6) is 5.75 Å². The number of hydrogen-bond donors (Lipinski definition) is 1. The lowest BCUT2D eigenvalue weighted by Gasteiger charge is -2.27. The molecule has 6 heteroatoms. The Labute approximate surface area is 125 Å². The molecular weight excluding hydrogens is 288 g/mol. The van der Waals surface area contributed by atoms with Gasteiger partial charge in [0, 0.05) is 18.8 Å². The summed E-state index contributed by atoms with van der Waals surface area (Å²) in [5, 5.41) is 0. The quantitative estimate of drug-likeness (QED) is 0.669. The molecule has 0 saturated heterocycles. The Morgan fingerprint density at radius 3 is 2.81 bits per heavy atom. The Balaban J connectivity index is 2.05. The molecule has 0 radical (unpaired) electrons. The van der Waals surface area contributed by atoms with Crippen LogP contribution < -0.4 is 10.5 Å². The van der Waals surface area contributed by atoms with Crippen LogP contribution in [0.15, 0.2) is 28.7 Å². The molecule has 0 spiro atoms. The van der Waals surface area contributed by atoms with E-state index in [1.54, 1.807) is 0 Å². The third-order valence-electron chi connectivity index (χ3n) is 4.01. The van der Waals surface area contributed by atoms with Crippen molar-refractivity contribution in [2.24, 2.45) is 0 Å². The van der Waals surface area contributed by atoms with Gasteiger partial charge in [0.25, 0.3) is 0 Å². The number of nitrogens with two attached hydrogens (primary N) is 1. The molecule has 0 atom stereocenters. The summed E-state index contributed by atoms with van der Waals surface area (Å²) in [6.45, 7) is 3.50. The van der Waals surface area contributed by atoms with E-state index in [1.807, 2.05) is 19.1 Å². The summed E-state index contributed by atoms with van der Waals surface area (Å²) < 4.78 is 32.9. The van der Waals surface area contributed by atoms with Crippen molar-refractivity contribution >= 4 is 15.7 Å². The minimum atomic E-state index is -3.57. The predicted molar refractivity (Wildman–Crippen MR) is 81.8 cm³/mol.